The first-order chi connectivity index (χ1) is 5.38. The number of halogens is 1. The SMILES string of the molecule is C[C@@H]1O[C@H](C[N+](C)(C)C)C[C@@H]1F. The highest BCUT2D eigenvalue weighted by Crippen LogP contribution is 2.23. The van der Waals surface area contributed by atoms with Crippen LogP contribution in [-0.2, 0) is 4.74 Å². The van der Waals surface area contributed by atoms with Crippen LogP contribution in [0.5, 0.6) is 0 Å². The highest BCUT2D eigenvalue weighted by atomic mass is 19.1. The molecule has 3 heteroatoms. The van der Waals surface area contributed by atoms with Crippen molar-refractivity contribution in [2.45, 2.75) is 31.7 Å². The lowest BCUT2D eigenvalue weighted by atomic mass is 10.1. The molecular weight excluding hydrogens is 157 g/mol. The minimum atomic E-state index is -0.762. The number of nitrogens with zero attached hydrogens (tertiary/aromatic N) is 1. The first-order valence-corrected chi connectivity index (χ1v) is 4.48. The molecule has 1 aliphatic rings. The topological polar surface area (TPSA) is 9.23 Å². The van der Waals surface area contributed by atoms with E-state index in [4.69, 9.17) is 4.74 Å². The Labute approximate surface area is 73.9 Å². The van der Waals surface area contributed by atoms with E-state index in [9.17, 15) is 4.39 Å². The summed E-state index contributed by atoms with van der Waals surface area (Å²) in [6.45, 7) is 2.70. The highest BCUT2D eigenvalue weighted by Gasteiger charge is 2.34. The van der Waals surface area contributed by atoms with Crippen molar-refractivity contribution in [1.29, 1.82) is 0 Å². The zero-order valence-corrected chi connectivity index (χ0v) is 8.38. The van der Waals surface area contributed by atoms with Crippen LogP contribution in [0, 0.1) is 0 Å². The van der Waals surface area contributed by atoms with Crippen molar-refractivity contribution in [2.75, 3.05) is 27.7 Å². The summed E-state index contributed by atoms with van der Waals surface area (Å²) in [5.41, 5.74) is 0. The summed E-state index contributed by atoms with van der Waals surface area (Å²) in [6, 6.07) is 0. The minimum Gasteiger partial charge on any atom is -0.366 e. The van der Waals surface area contributed by atoms with E-state index in [1.54, 1.807) is 6.92 Å². The lowest BCUT2D eigenvalue weighted by molar-refractivity contribution is -0.873. The molecule has 0 radical (unpaired) electrons. The normalized spacial score (nSPS) is 37.2. The number of hydrogen-bond acceptors (Lipinski definition) is 1. The lowest BCUT2D eigenvalue weighted by Crippen LogP contribution is -2.41. The van der Waals surface area contributed by atoms with Crippen molar-refractivity contribution in [3.8, 4) is 0 Å². The molecule has 2 nitrogen and oxygen atoms in total. The molecule has 1 aliphatic heterocycles. The van der Waals surface area contributed by atoms with Gasteiger partial charge >= 0.3 is 0 Å². The Morgan fingerprint density at radius 1 is 1.42 bits per heavy atom. The summed E-state index contributed by atoms with van der Waals surface area (Å²) in [5.74, 6) is 0. The quantitative estimate of drug-likeness (QED) is 0.575. The molecule has 0 aromatic rings. The standard InChI is InChI=1S/C9H19FNO/c1-7-9(10)5-8(12-7)6-11(2,3)4/h7-9H,5-6H2,1-4H3/q+1/t7-,8-,9-/m0/s1. The third-order valence-corrected chi connectivity index (χ3v) is 2.16. The van der Waals surface area contributed by atoms with Gasteiger partial charge in [-0.05, 0) is 6.92 Å². The molecule has 1 heterocycles. The molecule has 1 rings (SSSR count). The van der Waals surface area contributed by atoms with E-state index >= 15 is 0 Å². The molecule has 0 spiro atoms. The summed E-state index contributed by atoms with van der Waals surface area (Å²) in [7, 11) is 6.29. The lowest BCUT2D eigenvalue weighted by Gasteiger charge is -2.26. The van der Waals surface area contributed by atoms with Gasteiger partial charge in [0.05, 0.1) is 27.2 Å². The van der Waals surface area contributed by atoms with Crippen LogP contribution >= 0.6 is 0 Å². The van der Waals surface area contributed by atoms with Gasteiger partial charge in [-0.3, -0.25) is 0 Å². The predicted octanol–water partition coefficient (Wildman–Crippen LogP) is 1.21. The summed E-state index contributed by atoms with van der Waals surface area (Å²) in [6.07, 6.45) is -0.297. The largest absolute Gasteiger partial charge is 0.366 e. The van der Waals surface area contributed by atoms with Crippen molar-refractivity contribution in [1.82, 2.24) is 0 Å². The molecule has 0 bridgehead atoms. The maximum absolute atomic E-state index is 13.0. The molecule has 72 valence electrons. The van der Waals surface area contributed by atoms with E-state index in [-0.39, 0.29) is 12.2 Å². The van der Waals surface area contributed by atoms with Crippen molar-refractivity contribution in [3.05, 3.63) is 0 Å². The summed E-state index contributed by atoms with van der Waals surface area (Å²) < 4.78 is 19.3. The van der Waals surface area contributed by atoms with Crippen LogP contribution in [0.15, 0.2) is 0 Å². The summed E-state index contributed by atoms with van der Waals surface area (Å²) >= 11 is 0. The number of quaternary nitrogens is 1. The van der Waals surface area contributed by atoms with E-state index in [0.717, 1.165) is 11.0 Å². The van der Waals surface area contributed by atoms with Crippen LogP contribution in [0.4, 0.5) is 4.39 Å². The minimum absolute atomic E-state index is 0.106. The van der Waals surface area contributed by atoms with Crippen LogP contribution in [-0.4, -0.2) is 50.6 Å². The molecule has 0 N–H and O–H groups in total. The van der Waals surface area contributed by atoms with E-state index in [0.29, 0.717) is 6.42 Å². The molecule has 1 fully saturated rings. The number of ether oxygens (including phenoxy) is 1. The number of hydrogen-bond donors (Lipinski definition) is 0. The maximum Gasteiger partial charge on any atom is 0.129 e. The predicted molar refractivity (Wildman–Crippen MR) is 46.7 cm³/mol. The zero-order valence-electron chi connectivity index (χ0n) is 8.38. The van der Waals surface area contributed by atoms with Crippen molar-refractivity contribution < 1.29 is 13.6 Å². The Bertz CT molecular complexity index is 145. The molecular formula is C9H19FNO+. The van der Waals surface area contributed by atoms with E-state index in [1.807, 2.05) is 0 Å². The van der Waals surface area contributed by atoms with Gasteiger partial charge in [0.15, 0.2) is 0 Å². The second-order valence-electron chi connectivity index (χ2n) is 4.69. The van der Waals surface area contributed by atoms with Gasteiger partial charge in [0.2, 0.25) is 0 Å². The van der Waals surface area contributed by atoms with Crippen LogP contribution < -0.4 is 0 Å². The fourth-order valence-electron chi connectivity index (χ4n) is 1.62. The van der Waals surface area contributed by atoms with E-state index in [1.165, 1.54) is 0 Å². The molecule has 0 aromatic heterocycles. The van der Waals surface area contributed by atoms with Crippen molar-refractivity contribution >= 4 is 0 Å². The van der Waals surface area contributed by atoms with Gasteiger partial charge < -0.3 is 9.22 Å². The van der Waals surface area contributed by atoms with Crippen LogP contribution in [0.2, 0.25) is 0 Å². The smallest absolute Gasteiger partial charge is 0.129 e. The van der Waals surface area contributed by atoms with Crippen LogP contribution in [0.3, 0.4) is 0 Å². The Balaban J connectivity index is 2.38. The van der Waals surface area contributed by atoms with Crippen molar-refractivity contribution in [3.63, 3.8) is 0 Å². The first-order valence-electron chi connectivity index (χ1n) is 4.48. The zero-order chi connectivity index (χ0) is 9.35. The van der Waals surface area contributed by atoms with Crippen molar-refractivity contribution in [2.24, 2.45) is 0 Å². The summed E-state index contributed by atoms with van der Waals surface area (Å²) in [4.78, 5) is 0. The second kappa shape index (κ2) is 3.30. The van der Waals surface area contributed by atoms with Gasteiger partial charge in [0.1, 0.15) is 18.8 Å². The molecule has 0 amide bonds. The average Bonchev–Trinajstić information content (AvgIpc) is 2.07. The Morgan fingerprint density at radius 2 is 2.00 bits per heavy atom. The van der Waals surface area contributed by atoms with Gasteiger partial charge in [0.25, 0.3) is 0 Å². The number of likely N-dealkylation sites (N-methyl/N-ethyl adjacent to an activating group) is 1. The van der Waals surface area contributed by atoms with E-state index in [2.05, 4.69) is 21.1 Å². The number of rotatable bonds is 2. The third-order valence-electron chi connectivity index (χ3n) is 2.16. The van der Waals surface area contributed by atoms with Gasteiger partial charge in [-0.1, -0.05) is 0 Å². The molecule has 0 unspecified atom stereocenters. The highest BCUT2D eigenvalue weighted by molar-refractivity contribution is 4.78. The monoisotopic (exact) mass is 176 g/mol. The fourth-order valence-corrected chi connectivity index (χ4v) is 1.62. The molecule has 0 saturated carbocycles. The van der Waals surface area contributed by atoms with E-state index < -0.39 is 6.17 Å². The molecule has 12 heavy (non-hydrogen) atoms. The second-order valence-corrected chi connectivity index (χ2v) is 4.69. The van der Waals surface area contributed by atoms with Gasteiger partial charge in [-0.2, -0.15) is 0 Å². The molecule has 3 atom stereocenters. The van der Waals surface area contributed by atoms with Gasteiger partial charge in [0, 0.05) is 6.42 Å². The van der Waals surface area contributed by atoms with Crippen LogP contribution in [0.25, 0.3) is 0 Å². The van der Waals surface area contributed by atoms with Gasteiger partial charge in [-0.25, -0.2) is 4.39 Å². The molecule has 1 saturated heterocycles. The number of alkyl halides is 1. The van der Waals surface area contributed by atoms with Crippen LogP contribution in [0.1, 0.15) is 13.3 Å². The fraction of sp³-hybridized carbons (Fsp3) is 1.00. The molecule has 0 aromatic carbocycles. The summed E-state index contributed by atoms with van der Waals surface area (Å²) in [5, 5.41) is 0. The average molecular weight is 176 g/mol. The first kappa shape index (κ1) is 9.93. The Hall–Kier alpha value is -0.150. The third kappa shape index (κ3) is 2.72. The maximum atomic E-state index is 13.0. The van der Waals surface area contributed by atoms with Gasteiger partial charge in [-0.15, -0.1) is 0 Å². The Morgan fingerprint density at radius 3 is 2.33 bits per heavy atom. The molecule has 0 aliphatic carbocycles. The Kier molecular flexibility index (Phi) is 2.74.